The van der Waals surface area contributed by atoms with E-state index in [-0.39, 0.29) is 23.7 Å². The molecule has 0 N–H and O–H groups in total. The van der Waals surface area contributed by atoms with Gasteiger partial charge in [0.2, 0.25) is 0 Å². The zero-order valence-corrected chi connectivity index (χ0v) is 21.5. The average molecular weight is 505 g/mol. The largest absolute Gasteiger partial charge is 0.514 e. The zero-order chi connectivity index (χ0) is 26.3. The van der Waals surface area contributed by atoms with Crippen LogP contribution in [0.2, 0.25) is 0 Å². The number of hydrogen-bond donors (Lipinski definition) is 0. The van der Waals surface area contributed by atoms with Crippen molar-refractivity contribution < 1.29 is 32.2 Å². The van der Waals surface area contributed by atoms with E-state index in [1.54, 1.807) is 24.3 Å². The lowest BCUT2D eigenvalue weighted by Crippen LogP contribution is -2.38. The minimum absolute atomic E-state index is 0.181. The maximum atomic E-state index is 13.3. The van der Waals surface area contributed by atoms with E-state index in [0.29, 0.717) is 29.6 Å². The summed E-state index contributed by atoms with van der Waals surface area (Å²) in [6.45, 7) is 10.3. The molecule has 2 aliphatic rings. The Morgan fingerprint density at radius 1 is 1.11 bits per heavy atom. The SMILES string of the molecule is CC(C)C1C(C)CCCC1OC(=O)Oc1ccc2c(c1)OC(C)(C)CC2c1cccc(C(F)(F)F)c1. The van der Waals surface area contributed by atoms with Gasteiger partial charge in [-0.3, -0.25) is 0 Å². The van der Waals surface area contributed by atoms with E-state index in [1.807, 2.05) is 13.8 Å². The number of carbonyl (C=O) groups is 1. The molecule has 4 nitrogen and oxygen atoms in total. The van der Waals surface area contributed by atoms with Gasteiger partial charge in [0, 0.05) is 23.5 Å². The monoisotopic (exact) mass is 504 g/mol. The number of ether oxygens (including phenoxy) is 3. The van der Waals surface area contributed by atoms with Gasteiger partial charge >= 0.3 is 12.3 Å². The van der Waals surface area contributed by atoms with Crippen LogP contribution in [-0.2, 0) is 10.9 Å². The Kier molecular flexibility index (Phi) is 7.31. The molecule has 1 aliphatic carbocycles. The molecule has 1 fully saturated rings. The van der Waals surface area contributed by atoms with E-state index >= 15 is 0 Å². The van der Waals surface area contributed by atoms with Crippen LogP contribution in [-0.4, -0.2) is 17.9 Å². The summed E-state index contributed by atoms with van der Waals surface area (Å²) < 4.78 is 57.4. The highest BCUT2D eigenvalue weighted by Crippen LogP contribution is 2.46. The molecule has 0 amide bonds. The summed E-state index contributed by atoms with van der Waals surface area (Å²) >= 11 is 0. The lowest BCUT2D eigenvalue weighted by atomic mass is 9.72. The Labute approximate surface area is 211 Å². The Morgan fingerprint density at radius 3 is 2.56 bits per heavy atom. The van der Waals surface area contributed by atoms with Gasteiger partial charge in [-0.2, -0.15) is 13.2 Å². The summed E-state index contributed by atoms with van der Waals surface area (Å²) in [7, 11) is 0. The molecule has 0 saturated heterocycles. The number of hydrogen-bond acceptors (Lipinski definition) is 4. The van der Waals surface area contributed by atoms with E-state index in [1.165, 1.54) is 12.1 Å². The fourth-order valence-electron chi connectivity index (χ4n) is 5.98. The summed E-state index contributed by atoms with van der Waals surface area (Å²) in [5.74, 6) is 1.64. The van der Waals surface area contributed by atoms with Crippen molar-refractivity contribution in [2.75, 3.05) is 0 Å². The van der Waals surface area contributed by atoms with Gasteiger partial charge in [0.1, 0.15) is 23.2 Å². The molecule has 0 bridgehead atoms. The lowest BCUT2D eigenvalue weighted by molar-refractivity contribution is -0.137. The summed E-state index contributed by atoms with van der Waals surface area (Å²) in [6, 6.07) is 10.5. The topological polar surface area (TPSA) is 44.8 Å². The van der Waals surface area contributed by atoms with Gasteiger partial charge in [0.05, 0.1) is 5.56 Å². The van der Waals surface area contributed by atoms with Crippen molar-refractivity contribution in [3.63, 3.8) is 0 Å². The fraction of sp³-hybridized carbons (Fsp3) is 0.552. The number of carbonyl (C=O) groups excluding carboxylic acids is 1. The molecule has 7 heteroatoms. The Bertz CT molecular complexity index is 1090. The van der Waals surface area contributed by atoms with Crippen LogP contribution in [0.15, 0.2) is 42.5 Å². The summed E-state index contributed by atoms with van der Waals surface area (Å²) in [5.41, 5.74) is 0.0376. The highest BCUT2D eigenvalue weighted by atomic mass is 19.4. The van der Waals surface area contributed by atoms with Crippen molar-refractivity contribution in [3.8, 4) is 11.5 Å². The number of benzene rings is 2. The first-order valence-corrected chi connectivity index (χ1v) is 12.7. The molecule has 1 heterocycles. The average Bonchev–Trinajstić information content (AvgIpc) is 2.77. The van der Waals surface area contributed by atoms with Crippen molar-refractivity contribution in [2.24, 2.45) is 17.8 Å². The smallest absolute Gasteiger partial charge is 0.487 e. The van der Waals surface area contributed by atoms with E-state index in [4.69, 9.17) is 14.2 Å². The van der Waals surface area contributed by atoms with Crippen molar-refractivity contribution in [3.05, 3.63) is 59.2 Å². The molecule has 36 heavy (non-hydrogen) atoms. The van der Waals surface area contributed by atoms with Crippen molar-refractivity contribution >= 4 is 6.16 Å². The van der Waals surface area contributed by atoms with E-state index in [0.717, 1.165) is 30.9 Å². The summed E-state index contributed by atoms with van der Waals surface area (Å²) in [4.78, 5) is 12.7. The number of fused-ring (bicyclic) bond motifs is 1. The molecule has 0 spiro atoms. The zero-order valence-electron chi connectivity index (χ0n) is 21.5. The van der Waals surface area contributed by atoms with Gasteiger partial charge in [0.15, 0.2) is 0 Å². The molecule has 0 aromatic heterocycles. The van der Waals surface area contributed by atoms with Gasteiger partial charge in [-0.15, -0.1) is 0 Å². The first kappa shape index (κ1) is 26.4. The molecule has 0 radical (unpaired) electrons. The minimum Gasteiger partial charge on any atom is -0.487 e. The van der Waals surface area contributed by atoms with Crippen molar-refractivity contribution in [1.29, 1.82) is 0 Å². The predicted molar refractivity (Wildman–Crippen MR) is 131 cm³/mol. The summed E-state index contributed by atoms with van der Waals surface area (Å²) in [6.07, 6.45) is -1.86. The quantitative estimate of drug-likeness (QED) is 0.310. The summed E-state index contributed by atoms with van der Waals surface area (Å²) in [5, 5.41) is 0. The fourth-order valence-corrected chi connectivity index (χ4v) is 5.98. The van der Waals surface area contributed by atoms with E-state index in [2.05, 4.69) is 20.8 Å². The first-order chi connectivity index (χ1) is 16.8. The molecule has 4 unspecified atom stereocenters. The number of halogens is 3. The van der Waals surface area contributed by atoms with Crippen LogP contribution in [0, 0.1) is 17.8 Å². The Morgan fingerprint density at radius 2 is 1.86 bits per heavy atom. The van der Waals surface area contributed by atoms with Crippen molar-refractivity contribution in [1.82, 2.24) is 0 Å². The van der Waals surface area contributed by atoms with Crippen LogP contribution in [0.3, 0.4) is 0 Å². The van der Waals surface area contributed by atoms with Crippen molar-refractivity contribution in [2.45, 2.75) is 84.1 Å². The molecule has 2 aromatic carbocycles. The van der Waals surface area contributed by atoms with Crippen LogP contribution in [0.5, 0.6) is 11.5 Å². The Balaban J connectivity index is 1.55. The predicted octanol–water partition coefficient (Wildman–Crippen LogP) is 8.37. The van der Waals surface area contributed by atoms with Gasteiger partial charge in [0.25, 0.3) is 0 Å². The van der Waals surface area contributed by atoms with Crippen LogP contribution >= 0.6 is 0 Å². The first-order valence-electron chi connectivity index (χ1n) is 12.7. The van der Waals surface area contributed by atoms with Gasteiger partial charge in [-0.05, 0) is 62.6 Å². The molecule has 2 aromatic rings. The highest BCUT2D eigenvalue weighted by Gasteiger charge is 2.38. The second-order valence-corrected chi connectivity index (χ2v) is 11.2. The standard InChI is InChI=1S/C29H35F3O4/c1-17(2)26-18(3)8-6-11-24(26)35-27(33)34-21-12-13-22-23(16-28(4,5)36-25(22)15-21)19-9-7-10-20(14-19)29(30,31)32/h7,9-10,12-15,17-18,23-24,26H,6,8,11,16H2,1-5H3. The maximum absolute atomic E-state index is 13.3. The third-order valence-electron chi connectivity index (χ3n) is 7.51. The van der Waals surface area contributed by atoms with E-state index in [9.17, 15) is 18.0 Å². The molecular weight excluding hydrogens is 469 g/mol. The molecule has 1 aliphatic heterocycles. The second-order valence-electron chi connectivity index (χ2n) is 11.2. The van der Waals surface area contributed by atoms with Crippen LogP contribution in [0.4, 0.5) is 18.0 Å². The van der Waals surface area contributed by atoms with Gasteiger partial charge < -0.3 is 14.2 Å². The highest BCUT2D eigenvalue weighted by molar-refractivity contribution is 5.65. The third-order valence-corrected chi connectivity index (χ3v) is 7.51. The van der Waals surface area contributed by atoms with Gasteiger partial charge in [-0.1, -0.05) is 51.5 Å². The van der Waals surface area contributed by atoms with Gasteiger partial charge in [-0.25, -0.2) is 4.79 Å². The van der Waals surface area contributed by atoms with E-state index < -0.39 is 23.5 Å². The molecule has 4 atom stereocenters. The van der Waals surface area contributed by atoms with Crippen LogP contribution in [0.25, 0.3) is 0 Å². The third kappa shape index (κ3) is 5.81. The van der Waals surface area contributed by atoms with Crippen LogP contribution < -0.4 is 9.47 Å². The van der Waals surface area contributed by atoms with Crippen LogP contribution in [0.1, 0.15) is 82.9 Å². The molecular formula is C29H35F3O4. The normalized spacial score (nSPS) is 25.6. The molecule has 196 valence electrons. The second kappa shape index (κ2) is 9.98. The lowest BCUT2D eigenvalue weighted by Gasteiger charge is -2.38. The minimum atomic E-state index is -4.41. The Hall–Kier alpha value is -2.70. The maximum Gasteiger partial charge on any atom is 0.514 e. The molecule has 1 saturated carbocycles. The number of rotatable bonds is 4. The molecule has 4 rings (SSSR count). The number of alkyl halides is 3.